The lowest BCUT2D eigenvalue weighted by Gasteiger charge is -2.16. The van der Waals surface area contributed by atoms with Crippen LogP contribution in [0.2, 0.25) is 10.3 Å². The van der Waals surface area contributed by atoms with E-state index in [4.69, 9.17) is 23.2 Å². The highest BCUT2D eigenvalue weighted by Crippen LogP contribution is 2.16. The SMILES string of the molecule is O=C(NC(CO)Cc1ccccc1)c1ccc(Cl)nc1Cl. The van der Waals surface area contributed by atoms with Crippen molar-refractivity contribution in [1.82, 2.24) is 10.3 Å². The molecule has 0 saturated carbocycles. The topological polar surface area (TPSA) is 62.2 Å². The Hall–Kier alpha value is -1.62. The molecule has 1 amide bonds. The van der Waals surface area contributed by atoms with Crippen LogP contribution in [0.4, 0.5) is 0 Å². The molecule has 0 spiro atoms. The molecule has 21 heavy (non-hydrogen) atoms. The van der Waals surface area contributed by atoms with Crippen LogP contribution in [0.25, 0.3) is 0 Å². The summed E-state index contributed by atoms with van der Waals surface area (Å²) < 4.78 is 0. The van der Waals surface area contributed by atoms with Gasteiger partial charge in [0, 0.05) is 0 Å². The summed E-state index contributed by atoms with van der Waals surface area (Å²) >= 11 is 11.6. The number of nitrogens with zero attached hydrogens (tertiary/aromatic N) is 1. The Morgan fingerprint density at radius 3 is 2.52 bits per heavy atom. The Kier molecular flexibility index (Phi) is 5.56. The second kappa shape index (κ2) is 7.41. The van der Waals surface area contributed by atoms with Crippen molar-refractivity contribution in [2.24, 2.45) is 0 Å². The van der Waals surface area contributed by atoms with Crippen LogP contribution >= 0.6 is 23.2 Å². The first kappa shape index (κ1) is 15.8. The van der Waals surface area contributed by atoms with Crippen LogP contribution < -0.4 is 5.32 Å². The second-order valence-corrected chi connectivity index (χ2v) is 5.26. The van der Waals surface area contributed by atoms with Crippen LogP contribution in [-0.4, -0.2) is 28.6 Å². The number of aliphatic hydroxyl groups excluding tert-OH is 1. The maximum atomic E-state index is 12.1. The van der Waals surface area contributed by atoms with E-state index in [9.17, 15) is 9.90 Å². The molecule has 0 fully saturated rings. The van der Waals surface area contributed by atoms with Crippen LogP contribution in [0.5, 0.6) is 0 Å². The van der Waals surface area contributed by atoms with Gasteiger partial charge in [-0.1, -0.05) is 53.5 Å². The minimum atomic E-state index is -0.397. The molecule has 110 valence electrons. The zero-order valence-corrected chi connectivity index (χ0v) is 12.6. The predicted octanol–water partition coefficient (Wildman–Crippen LogP) is 2.72. The number of amides is 1. The van der Waals surface area contributed by atoms with Crippen molar-refractivity contribution in [3.63, 3.8) is 0 Å². The van der Waals surface area contributed by atoms with Crippen molar-refractivity contribution in [3.8, 4) is 0 Å². The van der Waals surface area contributed by atoms with Gasteiger partial charge in [-0.2, -0.15) is 0 Å². The number of aromatic nitrogens is 1. The van der Waals surface area contributed by atoms with E-state index in [-0.39, 0.29) is 28.4 Å². The summed E-state index contributed by atoms with van der Waals surface area (Å²) in [6, 6.07) is 12.2. The summed E-state index contributed by atoms with van der Waals surface area (Å²) in [5, 5.41) is 12.4. The zero-order valence-electron chi connectivity index (χ0n) is 11.1. The van der Waals surface area contributed by atoms with Crippen LogP contribution in [0.15, 0.2) is 42.5 Å². The van der Waals surface area contributed by atoms with E-state index in [1.165, 1.54) is 12.1 Å². The molecule has 0 saturated heterocycles. The van der Waals surface area contributed by atoms with Crippen molar-refractivity contribution in [2.75, 3.05) is 6.61 Å². The normalized spacial score (nSPS) is 12.0. The molecule has 0 aliphatic heterocycles. The number of carbonyl (C=O) groups is 1. The molecule has 6 heteroatoms. The summed E-state index contributed by atoms with van der Waals surface area (Å²) in [5.74, 6) is -0.390. The third-order valence-electron chi connectivity index (χ3n) is 2.94. The van der Waals surface area contributed by atoms with E-state index in [1.54, 1.807) is 0 Å². The Morgan fingerprint density at radius 2 is 1.90 bits per heavy atom. The first-order chi connectivity index (χ1) is 10.1. The van der Waals surface area contributed by atoms with Crippen molar-refractivity contribution in [3.05, 3.63) is 63.9 Å². The molecule has 0 aliphatic rings. The van der Waals surface area contributed by atoms with E-state index < -0.39 is 6.04 Å². The monoisotopic (exact) mass is 324 g/mol. The average molecular weight is 325 g/mol. The summed E-state index contributed by atoms with van der Waals surface area (Å²) in [6.07, 6.45) is 0.529. The molecule has 2 rings (SSSR count). The molecular formula is C15H14Cl2N2O2. The lowest BCUT2D eigenvalue weighted by molar-refractivity contribution is 0.0916. The molecule has 0 radical (unpaired) electrons. The minimum absolute atomic E-state index is 0.0383. The number of nitrogens with one attached hydrogen (secondary N) is 1. The summed E-state index contributed by atoms with van der Waals surface area (Å²) in [6.45, 7) is -0.167. The fourth-order valence-corrected chi connectivity index (χ4v) is 2.34. The lowest BCUT2D eigenvalue weighted by Crippen LogP contribution is -2.39. The van der Waals surface area contributed by atoms with E-state index in [2.05, 4.69) is 10.3 Å². The standard InChI is InChI=1S/C15H14Cl2N2O2/c16-13-7-6-12(14(17)19-13)15(21)18-11(9-20)8-10-4-2-1-3-5-10/h1-7,11,20H,8-9H2,(H,18,21). The Labute approximate surface area is 132 Å². The highest BCUT2D eigenvalue weighted by atomic mass is 35.5. The molecule has 1 aromatic heterocycles. The van der Waals surface area contributed by atoms with Gasteiger partial charge in [-0.05, 0) is 24.1 Å². The van der Waals surface area contributed by atoms with E-state index in [0.717, 1.165) is 5.56 Å². The highest BCUT2D eigenvalue weighted by Gasteiger charge is 2.16. The fraction of sp³-hybridized carbons (Fsp3) is 0.200. The van der Waals surface area contributed by atoms with Gasteiger partial charge < -0.3 is 10.4 Å². The van der Waals surface area contributed by atoms with Gasteiger partial charge in [-0.25, -0.2) is 4.98 Å². The Morgan fingerprint density at radius 1 is 1.19 bits per heavy atom. The number of carbonyl (C=O) groups excluding carboxylic acids is 1. The van der Waals surface area contributed by atoms with Crippen molar-refractivity contribution >= 4 is 29.1 Å². The Bertz CT molecular complexity index is 620. The average Bonchev–Trinajstić information content (AvgIpc) is 2.47. The first-order valence-corrected chi connectivity index (χ1v) is 7.13. The molecular weight excluding hydrogens is 311 g/mol. The van der Waals surface area contributed by atoms with Gasteiger partial charge in [0.2, 0.25) is 0 Å². The summed E-state index contributed by atoms with van der Waals surface area (Å²) in [5.41, 5.74) is 1.25. The number of rotatable bonds is 5. The first-order valence-electron chi connectivity index (χ1n) is 6.38. The molecule has 1 atom stereocenters. The third kappa shape index (κ3) is 4.43. The predicted molar refractivity (Wildman–Crippen MR) is 82.7 cm³/mol. The van der Waals surface area contributed by atoms with Crippen LogP contribution in [-0.2, 0) is 6.42 Å². The molecule has 2 N–H and O–H groups in total. The highest BCUT2D eigenvalue weighted by molar-refractivity contribution is 6.34. The van der Waals surface area contributed by atoms with E-state index in [0.29, 0.717) is 6.42 Å². The quantitative estimate of drug-likeness (QED) is 0.831. The number of aliphatic hydroxyl groups is 1. The number of hydrogen-bond donors (Lipinski definition) is 2. The van der Waals surface area contributed by atoms with Crippen LogP contribution in [0.3, 0.4) is 0 Å². The smallest absolute Gasteiger partial charge is 0.254 e. The van der Waals surface area contributed by atoms with Gasteiger partial charge >= 0.3 is 0 Å². The van der Waals surface area contributed by atoms with Crippen molar-refractivity contribution in [1.29, 1.82) is 0 Å². The number of hydrogen-bond acceptors (Lipinski definition) is 3. The molecule has 1 aromatic carbocycles. The van der Waals surface area contributed by atoms with Gasteiger partial charge in [0.05, 0.1) is 18.2 Å². The van der Waals surface area contributed by atoms with E-state index >= 15 is 0 Å². The van der Waals surface area contributed by atoms with E-state index in [1.807, 2.05) is 30.3 Å². The van der Waals surface area contributed by atoms with Gasteiger partial charge in [0.15, 0.2) is 0 Å². The van der Waals surface area contributed by atoms with Gasteiger partial charge in [0.1, 0.15) is 10.3 Å². The molecule has 1 heterocycles. The molecule has 2 aromatic rings. The van der Waals surface area contributed by atoms with Crippen LogP contribution in [0.1, 0.15) is 15.9 Å². The van der Waals surface area contributed by atoms with Gasteiger partial charge in [0.25, 0.3) is 5.91 Å². The van der Waals surface area contributed by atoms with Crippen molar-refractivity contribution < 1.29 is 9.90 Å². The summed E-state index contributed by atoms with van der Waals surface area (Å²) in [7, 11) is 0. The molecule has 4 nitrogen and oxygen atoms in total. The molecule has 0 bridgehead atoms. The largest absolute Gasteiger partial charge is 0.394 e. The van der Waals surface area contributed by atoms with Gasteiger partial charge in [-0.15, -0.1) is 0 Å². The van der Waals surface area contributed by atoms with Crippen LogP contribution in [0, 0.1) is 0 Å². The zero-order chi connectivity index (χ0) is 15.2. The Balaban J connectivity index is 2.06. The molecule has 0 aliphatic carbocycles. The summed E-state index contributed by atoms with van der Waals surface area (Å²) in [4.78, 5) is 16.0. The third-order valence-corrected chi connectivity index (χ3v) is 3.44. The maximum absolute atomic E-state index is 12.1. The maximum Gasteiger partial charge on any atom is 0.254 e. The lowest BCUT2D eigenvalue weighted by atomic mass is 10.1. The van der Waals surface area contributed by atoms with Gasteiger partial charge in [-0.3, -0.25) is 4.79 Å². The minimum Gasteiger partial charge on any atom is -0.394 e. The van der Waals surface area contributed by atoms with Crippen molar-refractivity contribution in [2.45, 2.75) is 12.5 Å². The molecule has 1 unspecified atom stereocenters. The number of pyridine rings is 1. The number of halogens is 2. The fourth-order valence-electron chi connectivity index (χ4n) is 1.90. The number of benzene rings is 1. The second-order valence-electron chi connectivity index (χ2n) is 4.52.